The molecular weight excluding hydrogens is 522 g/mol. The van der Waals surface area contributed by atoms with E-state index in [1.54, 1.807) is 24.3 Å². The van der Waals surface area contributed by atoms with E-state index in [9.17, 15) is 18.4 Å². The summed E-state index contributed by atoms with van der Waals surface area (Å²) >= 11 is 0. The number of rotatable bonds is 8. The Balaban J connectivity index is 1.41. The van der Waals surface area contributed by atoms with Gasteiger partial charge in [0, 0.05) is 37.2 Å². The highest BCUT2D eigenvalue weighted by molar-refractivity contribution is 5.98. The number of benzene rings is 1. The summed E-state index contributed by atoms with van der Waals surface area (Å²) in [5.41, 5.74) is 1.78. The number of hydrogen-bond acceptors (Lipinski definition) is 7. The van der Waals surface area contributed by atoms with Gasteiger partial charge in [0.25, 0.3) is 12.3 Å². The molecule has 3 aromatic rings. The van der Waals surface area contributed by atoms with Crippen LogP contribution in [0.5, 0.6) is 5.75 Å². The minimum absolute atomic E-state index is 0.0634. The zero-order chi connectivity index (χ0) is 27.8. The predicted octanol–water partition coefficient (Wildman–Crippen LogP) is 5.40. The summed E-state index contributed by atoms with van der Waals surface area (Å²) in [7, 11) is 1.50. The SMILES string of the molecule is COc1cc(C(=O)N2CCCC2)ccc1Nc1cc(NC(=O)C2CC2)nc2c1nc(C(F)F)n2C1CCCCO1. The maximum atomic E-state index is 14.3. The van der Waals surface area contributed by atoms with Crippen molar-refractivity contribution < 1.29 is 27.8 Å². The first-order valence-electron chi connectivity index (χ1n) is 13.8. The molecule has 4 heterocycles. The van der Waals surface area contributed by atoms with E-state index in [1.807, 2.05) is 4.90 Å². The van der Waals surface area contributed by atoms with Gasteiger partial charge in [-0.25, -0.2) is 18.7 Å². The highest BCUT2D eigenvalue weighted by atomic mass is 19.3. The molecule has 2 aromatic heterocycles. The lowest BCUT2D eigenvalue weighted by Gasteiger charge is -2.25. The van der Waals surface area contributed by atoms with Crippen LogP contribution < -0.4 is 15.4 Å². The first kappa shape index (κ1) is 26.4. The summed E-state index contributed by atoms with van der Waals surface area (Å²) in [6.07, 6.45) is 2.32. The van der Waals surface area contributed by atoms with E-state index in [0.717, 1.165) is 51.6 Å². The Morgan fingerprint density at radius 2 is 1.85 bits per heavy atom. The smallest absolute Gasteiger partial charge is 0.295 e. The average molecular weight is 555 g/mol. The van der Waals surface area contributed by atoms with Gasteiger partial charge in [0.1, 0.15) is 23.3 Å². The van der Waals surface area contributed by atoms with Crippen LogP contribution in [0.1, 0.15) is 73.8 Å². The van der Waals surface area contributed by atoms with E-state index in [0.29, 0.717) is 35.7 Å². The molecule has 6 rings (SSSR count). The van der Waals surface area contributed by atoms with Crippen LogP contribution in [0.25, 0.3) is 11.2 Å². The molecule has 0 bridgehead atoms. The first-order chi connectivity index (χ1) is 19.4. The number of nitrogens with one attached hydrogen (secondary N) is 2. The molecule has 1 unspecified atom stereocenters. The number of anilines is 3. The topological polar surface area (TPSA) is 111 Å². The number of halogens is 2. The molecule has 2 aliphatic heterocycles. The number of carbonyl (C=O) groups excluding carboxylic acids is 2. The molecule has 3 aliphatic rings. The Labute approximate surface area is 230 Å². The third-order valence-electron chi connectivity index (χ3n) is 7.63. The number of aromatic nitrogens is 3. The molecule has 0 radical (unpaired) electrons. The number of likely N-dealkylation sites (tertiary alicyclic amines) is 1. The molecule has 0 spiro atoms. The molecule has 212 valence electrons. The molecule has 10 nitrogen and oxygen atoms in total. The van der Waals surface area contributed by atoms with Gasteiger partial charge in [0.05, 0.1) is 18.5 Å². The van der Waals surface area contributed by atoms with Crippen LogP contribution in [-0.4, -0.2) is 58.1 Å². The summed E-state index contributed by atoms with van der Waals surface area (Å²) in [6.45, 7) is 1.91. The van der Waals surface area contributed by atoms with Crippen molar-refractivity contribution in [2.24, 2.45) is 5.92 Å². The van der Waals surface area contributed by atoms with Crippen molar-refractivity contribution in [2.45, 2.75) is 57.6 Å². The number of fused-ring (bicyclic) bond motifs is 1. The summed E-state index contributed by atoms with van der Waals surface area (Å²) in [5.74, 6) is -0.104. The second kappa shape index (κ2) is 11.0. The quantitative estimate of drug-likeness (QED) is 0.383. The first-order valence-corrected chi connectivity index (χ1v) is 13.8. The lowest BCUT2D eigenvalue weighted by molar-refractivity contribution is -0.117. The summed E-state index contributed by atoms with van der Waals surface area (Å²) in [6, 6.07) is 6.67. The minimum Gasteiger partial charge on any atom is -0.495 e. The molecule has 12 heteroatoms. The molecule has 1 atom stereocenters. The van der Waals surface area contributed by atoms with Gasteiger partial charge in [-0.3, -0.25) is 14.2 Å². The highest BCUT2D eigenvalue weighted by Gasteiger charge is 2.32. The normalized spacial score (nSPS) is 19.3. The van der Waals surface area contributed by atoms with E-state index in [4.69, 9.17) is 9.47 Å². The van der Waals surface area contributed by atoms with E-state index in [-0.39, 0.29) is 34.7 Å². The van der Waals surface area contributed by atoms with Crippen LogP contribution in [0.2, 0.25) is 0 Å². The fraction of sp³-hybridized carbons (Fsp3) is 0.500. The maximum Gasteiger partial charge on any atom is 0.295 e. The number of ether oxygens (including phenoxy) is 2. The van der Waals surface area contributed by atoms with Crippen LogP contribution in [0, 0.1) is 5.92 Å². The van der Waals surface area contributed by atoms with Crippen LogP contribution in [0.3, 0.4) is 0 Å². The van der Waals surface area contributed by atoms with E-state index in [2.05, 4.69) is 20.6 Å². The molecule has 40 heavy (non-hydrogen) atoms. The standard InChI is InChI=1S/C28H32F2N6O4/c1-39-20-14-17(28(38)35-11-3-4-12-35)9-10-18(20)31-19-15-21(33-27(37)16-7-8-16)32-25-23(19)34-26(24(29)30)36(25)22-6-2-5-13-40-22/h9-10,14-16,22,24H,2-8,11-13H2,1H3,(H2,31,32,33,37). The number of imidazole rings is 1. The lowest BCUT2D eigenvalue weighted by atomic mass is 10.1. The van der Waals surface area contributed by atoms with Crippen molar-refractivity contribution in [1.29, 1.82) is 0 Å². The number of alkyl halides is 2. The summed E-state index contributed by atoms with van der Waals surface area (Å²) < 4.78 is 41.3. The summed E-state index contributed by atoms with van der Waals surface area (Å²) in [5, 5.41) is 6.07. The number of pyridine rings is 1. The Hall–Kier alpha value is -3.80. The predicted molar refractivity (Wildman–Crippen MR) is 144 cm³/mol. The second-order valence-corrected chi connectivity index (χ2v) is 10.5. The number of hydrogen-bond donors (Lipinski definition) is 2. The molecule has 3 fully saturated rings. The number of nitrogens with zero attached hydrogens (tertiary/aromatic N) is 4. The number of carbonyl (C=O) groups is 2. The Morgan fingerprint density at radius 3 is 2.52 bits per heavy atom. The molecule has 2 saturated heterocycles. The minimum atomic E-state index is -2.86. The zero-order valence-corrected chi connectivity index (χ0v) is 22.3. The average Bonchev–Trinajstić information content (AvgIpc) is 3.53. The van der Waals surface area contributed by atoms with Gasteiger partial charge in [-0.05, 0) is 63.1 Å². The van der Waals surface area contributed by atoms with Crippen LogP contribution >= 0.6 is 0 Å². The molecular formula is C28H32F2N6O4. The fourth-order valence-corrected chi connectivity index (χ4v) is 5.35. The molecule has 1 aliphatic carbocycles. The Morgan fingerprint density at radius 1 is 1.05 bits per heavy atom. The van der Waals surface area contributed by atoms with Crippen LogP contribution in [0.15, 0.2) is 24.3 Å². The van der Waals surface area contributed by atoms with Gasteiger partial charge in [-0.1, -0.05) is 0 Å². The van der Waals surface area contributed by atoms with E-state index >= 15 is 0 Å². The monoisotopic (exact) mass is 554 g/mol. The zero-order valence-electron chi connectivity index (χ0n) is 22.3. The van der Waals surface area contributed by atoms with Crippen molar-refractivity contribution in [3.63, 3.8) is 0 Å². The lowest BCUT2D eigenvalue weighted by Crippen LogP contribution is -2.27. The number of amides is 2. The third-order valence-corrected chi connectivity index (χ3v) is 7.63. The van der Waals surface area contributed by atoms with Crippen LogP contribution in [0.4, 0.5) is 26.0 Å². The molecule has 1 aromatic carbocycles. The van der Waals surface area contributed by atoms with Gasteiger partial charge in [0.2, 0.25) is 5.91 Å². The van der Waals surface area contributed by atoms with Gasteiger partial charge >= 0.3 is 0 Å². The van der Waals surface area contributed by atoms with Gasteiger partial charge in [-0.2, -0.15) is 0 Å². The van der Waals surface area contributed by atoms with Crippen molar-refractivity contribution in [3.05, 3.63) is 35.7 Å². The van der Waals surface area contributed by atoms with Crippen LogP contribution in [-0.2, 0) is 9.53 Å². The van der Waals surface area contributed by atoms with Gasteiger partial charge in [-0.15, -0.1) is 0 Å². The summed E-state index contributed by atoms with van der Waals surface area (Å²) in [4.78, 5) is 36.2. The van der Waals surface area contributed by atoms with Crippen molar-refractivity contribution >= 4 is 40.2 Å². The maximum absolute atomic E-state index is 14.3. The fourth-order valence-electron chi connectivity index (χ4n) is 5.35. The highest BCUT2D eigenvalue weighted by Crippen LogP contribution is 2.38. The second-order valence-electron chi connectivity index (χ2n) is 10.5. The number of methoxy groups -OCH3 is 1. The van der Waals surface area contributed by atoms with Gasteiger partial charge < -0.3 is 25.0 Å². The largest absolute Gasteiger partial charge is 0.495 e. The molecule has 1 saturated carbocycles. The van der Waals surface area contributed by atoms with E-state index < -0.39 is 18.5 Å². The van der Waals surface area contributed by atoms with E-state index in [1.165, 1.54) is 11.7 Å². The Kier molecular flexibility index (Phi) is 7.26. The Bertz CT molecular complexity index is 1430. The molecule has 2 N–H and O–H groups in total. The van der Waals surface area contributed by atoms with Gasteiger partial charge in [0.15, 0.2) is 11.5 Å². The van der Waals surface area contributed by atoms with Crippen molar-refractivity contribution in [2.75, 3.05) is 37.4 Å². The third kappa shape index (κ3) is 5.19. The molecule has 2 amide bonds. The van der Waals surface area contributed by atoms with Crippen molar-refractivity contribution in [3.8, 4) is 5.75 Å². The van der Waals surface area contributed by atoms with Crippen molar-refractivity contribution in [1.82, 2.24) is 19.4 Å².